The molecule has 0 bridgehead atoms. The molecule has 4 rings (SSSR count). The first kappa shape index (κ1) is 22.9. The van der Waals surface area contributed by atoms with Gasteiger partial charge in [0.25, 0.3) is 0 Å². The summed E-state index contributed by atoms with van der Waals surface area (Å²) in [6.07, 6.45) is 15.4. The zero-order valence-corrected chi connectivity index (χ0v) is 19.8. The lowest BCUT2D eigenvalue weighted by molar-refractivity contribution is -0.152. The van der Waals surface area contributed by atoms with E-state index >= 15 is 0 Å². The molecule has 4 aliphatic rings. The summed E-state index contributed by atoms with van der Waals surface area (Å²) in [6, 6.07) is 0. The van der Waals surface area contributed by atoms with Crippen LogP contribution in [0.25, 0.3) is 0 Å². The van der Waals surface area contributed by atoms with Crippen molar-refractivity contribution >= 4 is 11.9 Å². The number of carboxylic acids is 1. The van der Waals surface area contributed by atoms with Gasteiger partial charge in [0.1, 0.15) is 6.10 Å². The van der Waals surface area contributed by atoms with Crippen molar-refractivity contribution in [1.82, 2.24) is 0 Å². The second kappa shape index (κ2) is 8.90. The van der Waals surface area contributed by atoms with Gasteiger partial charge in [-0.1, -0.05) is 38.8 Å². The first-order chi connectivity index (χ1) is 14.8. The molecular weight excluding hydrogens is 388 g/mol. The summed E-state index contributed by atoms with van der Waals surface area (Å²) in [6.45, 7) is 7.50. The Kier molecular flexibility index (Phi) is 6.57. The zero-order chi connectivity index (χ0) is 22.2. The smallest absolute Gasteiger partial charge is 0.306 e. The van der Waals surface area contributed by atoms with E-state index in [1.807, 2.05) is 0 Å². The Morgan fingerprint density at radius 1 is 1.06 bits per heavy atom. The van der Waals surface area contributed by atoms with Crippen LogP contribution in [0, 0.1) is 34.5 Å². The number of esters is 1. The van der Waals surface area contributed by atoms with E-state index in [-0.39, 0.29) is 18.5 Å². The van der Waals surface area contributed by atoms with Crippen molar-refractivity contribution in [3.05, 3.63) is 11.6 Å². The summed E-state index contributed by atoms with van der Waals surface area (Å²) in [5.74, 6) is 2.51. The molecule has 0 spiro atoms. The van der Waals surface area contributed by atoms with Gasteiger partial charge in [-0.05, 0) is 92.3 Å². The molecule has 174 valence electrons. The van der Waals surface area contributed by atoms with Gasteiger partial charge < -0.3 is 9.84 Å². The molecule has 3 saturated carbocycles. The van der Waals surface area contributed by atoms with Gasteiger partial charge in [-0.15, -0.1) is 0 Å². The maximum Gasteiger partial charge on any atom is 0.306 e. The molecule has 0 saturated heterocycles. The van der Waals surface area contributed by atoms with Crippen molar-refractivity contribution < 1.29 is 19.4 Å². The molecule has 0 aromatic carbocycles. The van der Waals surface area contributed by atoms with Crippen LogP contribution in [0.15, 0.2) is 11.6 Å². The molecule has 4 heteroatoms. The lowest BCUT2D eigenvalue weighted by Crippen LogP contribution is -2.50. The van der Waals surface area contributed by atoms with Crippen LogP contribution in [-0.4, -0.2) is 23.1 Å². The van der Waals surface area contributed by atoms with Crippen molar-refractivity contribution in [2.75, 3.05) is 0 Å². The fourth-order valence-electron chi connectivity index (χ4n) is 8.30. The van der Waals surface area contributed by atoms with Gasteiger partial charge in [-0.3, -0.25) is 9.59 Å². The molecule has 0 amide bonds. The maximum absolute atomic E-state index is 12.3. The van der Waals surface area contributed by atoms with Gasteiger partial charge in [0.2, 0.25) is 0 Å². The Hall–Kier alpha value is -1.32. The third kappa shape index (κ3) is 4.20. The summed E-state index contributed by atoms with van der Waals surface area (Å²) >= 11 is 0. The number of ether oxygens (including phenoxy) is 1. The van der Waals surface area contributed by atoms with Crippen molar-refractivity contribution in [1.29, 1.82) is 0 Å². The topological polar surface area (TPSA) is 63.6 Å². The first-order valence-electron chi connectivity index (χ1n) is 12.9. The largest absolute Gasteiger partial charge is 0.481 e. The number of carboxylic acid groups (broad SMARTS) is 1. The number of fused-ring (bicyclic) bond motifs is 5. The number of carbonyl (C=O) groups is 2. The summed E-state index contributed by atoms with van der Waals surface area (Å²) in [4.78, 5) is 22.9. The summed E-state index contributed by atoms with van der Waals surface area (Å²) in [5, 5.41) is 8.72. The molecule has 0 aromatic heterocycles. The monoisotopic (exact) mass is 430 g/mol. The van der Waals surface area contributed by atoms with Crippen LogP contribution >= 0.6 is 0 Å². The van der Waals surface area contributed by atoms with E-state index in [9.17, 15) is 9.59 Å². The third-order valence-corrected chi connectivity index (χ3v) is 10.1. The van der Waals surface area contributed by atoms with E-state index in [1.165, 1.54) is 38.5 Å². The molecule has 4 aliphatic carbocycles. The Morgan fingerprint density at radius 3 is 2.58 bits per heavy atom. The molecule has 0 heterocycles. The fraction of sp³-hybridized carbons (Fsp3) is 0.852. The van der Waals surface area contributed by atoms with Crippen molar-refractivity contribution in [3.63, 3.8) is 0 Å². The summed E-state index contributed by atoms with van der Waals surface area (Å²) < 4.78 is 5.82. The van der Waals surface area contributed by atoms with Crippen LogP contribution in [0.2, 0.25) is 0 Å². The number of rotatable bonds is 7. The minimum Gasteiger partial charge on any atom is -0.481 e. The van der Waals surface area contributed by atoms with Crippen molar-refractivity contribution in [2.24, 2.45) is 34.5 Å². The molecule has 3 fully saturated rings. The van der Waals surface area contributed by atoms with Crippen LogP contribution in [0.5, 0.6) is 0 Å². The standard InChI is InChI=1S/C27H42O4/c1-4-18-10-12-22-21-11-9-19-17-20(31-25(30)8-6-5-7-24(28)29)13-15-27(19,3)23(21)14-16-26(18,22)2/h9,18,20-23H,4-8,10-17H2,1-3H3,(H,28,29)/t18-,20-,21-,22-,23-,26+,27-/m0/s1. The zero-order valence-electron chi connectivity index (χ0n) is 19.8. The second-order valence-electron chi connectivity index (χ2n) is 11.4. The van der Waals surface area contributed by atoms with E-state index in [1.54, 1.807) is 5.57 Å². The minimum absolute atomic E-state index is 0.00709. The lowest BCUT2D eigenvalue weighted by atomic mass is 9.47. The highest BCUT2D eigenvalue weighted by Crippen LogP contribution is 2.66. The number of carbonyl (C=O) groups excluding carboxylic acids is 1. The Bertz CT molecular complexity index is 727. The fourth-order valence-corrected chi connectivity index (χ4v) is 8.30. The molecule has 0 unspecified atom stereocenters. The number of hydrogen-bond acceptors (Lipinski definition) is 3. The van der Waals surface area contributed by atoms with Gasteiger partial charge in [-0.25, -0.2) is 0 Å². The predicted molar refractivity (Wildman–Crippen MR) is 121 cm³/mol. The average molecular weight is 431 g/mol. The van der Waals surface area contributed by atoms with E-state index in [2.05, 4.69) is 26.8 Å². The van der Waals surface area contributed by atoms with E-state index in [0.717, 1.165) is 42.9 Å². The molecule has 1 N–H and O–H groups in total. The van der Waals surface area contributed by atoms with Gasteiger partial charge in [0.15, 0.2) is 0 Å². The average Bonchev–Trinajstić information content (AvgIpc) is 3.07. The van der Waals surface area contributed by atoms with Crippen molar-refractivity contribution in [2.45, 2.75) is 110 Å². The van der Waals surface area contributed by atoms with E-state index < -0.39 is 5.97 Å². The second-order valence-corrected chi connectivity index (χ2v) is 11.4. The van der Waals surface area contributed by atoms with Gasteiger partial charge in [0.05, 0.1) is 0 Å². The molecule has 4 nitrogen and oxygen atoms in total. The van der Waals surface area contributed by atoms with E-state index in [4.69, 9.17) is 9.84 Å². The Labute approximate surface area is 188 Å². The highest BCUT2D eigenvalue weighted by atomic mass is 16.5. The van der Waals surface area contributed by atoms with Crippen LogP contribution in [-0.2, 0) is 14.3 Å². The molecular formula is C27H42O4. The molecule has 0 aliphatic heterocycles. The number of allylic oxidation sites excluding steroid dienone is 1. The number of unbranched alkanes of at least 4 members (excludes halogenated alkanes) is 1. The third-order valence-electron chi connectivity index (χ3n) is 10.1. The number of hydrogen-bond donors (Lipinski definition) is 1. The van der Waals surface area contributed by atoms with Crippen LogP contribution in [0.4, 0.5) is 0 Å². The molecule has 0 radical (unpaired) electrons. The quantitative estimate of drug-likeness (QED) is 0.283. The lowest BCUT2D eigenvalue weighted by Gasteiger charge is -2.58. The normalized spacial score (nSPS) is 41.5. The maximum atomic E-state index is 12.3. The summed E-state index contributed by atoms with van der Waals surface area (Å²) in [7, 11) is 0. The van der Waals surface area contributed by atoms with Gasteiger partial charge in [0, 0.05) is 19.3 Å². The van der Waals surface area contributed by atoms with Crippen molar-refractivity contribution in [3.8, 4) is 0 Å². The Balaban J connectivity index is 1.37. The van der Waals surface area contributed by atoms with Crippen LogP contribution in [0.1, 0.15) is 104 Å². The number of aliphatic carboxylic acids is 1. The summed E-state index contributed by atoms with van der Waals surface area (Å²) in [5.41, 5.74) is 2.40. The van der Waals surface area contributed by atoms with Gasteiger partial charge >= 0.3 is 11.9 Å². The first-order valence-corrected chi connectivity index (χ1v) is 12.9. The molecule has 7 atom stereocenters. The Morgan fingerprint density at radius 2 is 1.84 bits per heavy atom. The SMILES string of the molecule is CC[C@H]1CC[C@H]2[C@@H]3CC=C4C[C@@H](OC(=O)CCCCC(=O)O)CC[C@]4(C)[C@H]3CC[C@]12C. The van der Waals surface area contributed by atoms with E-state index in [0.29, 0.717) is 30.1 Å². The highest BCUT2D eigenvalue weighted by molar-refractivity contribution is 5.70. The van der Waals surface area contributed by atoms with Crippen LogP contribution in [0.3, 0.4) is 0 Å². The minimum atomic E-state index is -0.798. The predicted octanol–water partition coefficient (Wildman–Crippen LogP) is 6.53. The van der Waals surface area contributed by atoms with Crippen LogP contribution < -0.4 is 0 Å². The molecule has 0 aromatic rings. The highest BCUT2D eigenvalue weighted by Gasteiger charge is 2.58. The van der Waals surface area contributed by atoms with Gasteiger partial charge in [-0.2, -0.15) is 0 Å². The molecule has 31 heavy (non-hydrogen) atoms.